The summed E-state index contributed by atoms with van der Waals surface area (Å²) >= 11 is 1.49. The van der Waals surface area contributed by atoms with Crippen molar-refractivity contribution in [3.05, 3.63) is 64.5 Å². The highest BCUT2D eigenvalue weighted by Crippen LogP contribution is 2.32. The molecule has 1 saturated heterocycles. The molecule has 168 valence electrons. The zero-order chi connectivity index (χ0) is 22.3. The lowest BCUT2D eigenvalue weighted by molar-refractivity contribution is 0.123. The molecule has 1 aromatic heterocycles. The molecule has 9 heteroatoms. The van der Waals surface area contributed by atoms with Crippen molar-refractivity contribution < 1.29 is 13.9 Å². The van der Waals surface area contributed by atoms with E-state index in [2.05, 4.69) is 42.6 Å². The molecule has 7 nitrogen and oxygen atoms in total. The van der Waals surface area contributed by atoms with Gasteiger partial charge in [0.05, 0.1) is 24.6 Å². The van der Waals surface area contributed by atoms with Crippen molar-refractivity contribution in [1.29, 1.82) is 0 Å². The number of nitrogens with one attached hydrogen (secondary N) is 2. The van der Waals surface area contributed by atoms with E-state index in [9.17, 15) is 9.18 Å². The van der Waals surface area contributed by atoms with Crippen molar-refractivity contribution in [1.82, 2.24) is 15.2 Å². The second-order valence-corrected chi connectivity index (χ2v) is 8.11. The standard InChI is InChI=1S/C23H26FN5O2S/c1-25-22(30)26-9-10-29-21(16-32-23(29)27-18-6-4-5-17(24)15-18)19-7-2-3-8-20(19)28-11-13-31-14-12-28/h2-8,15-16H,9-14H2,1H3,(H2,25,26,30). The van der Waals surface area contributed by atoms with Crippen molar-refractivity contribution in [3.63, 3.8) is 0 Å². The number of anilines is 1. The number of hydrogen-bond donors (Lipinski definition) is 2. The largest absolute Gasteiger partial charge is 0.378 e. The van der Waals surface area contributed by atoms with E-state index in [1.807, 2.05) is 12.1 Å². The summed E-state index contributed by atoms with van der Waals surface area (Å²) in [5, 5.41) is 7.46. The van der Waals surface area contributed by atoms with Gasteiger partial charge in [0, 0.05) is 49.9 Å². The molecule has 0 unspecified atom stereocenters. The summed E-state index contributed by atoms with van der Waals surface area (Å²) in [6.45, 7) is 4.03. The Balaban J connectivity index is 1.75. The van der Waals surface area contributed by atoms with E-state index in [4.69, 9.17) is 4.74 Å². The van der Waals surface area contributed by atoms with Gasteiger partial charge in [-0.3, -0.25) is 0 Å². The number of carbonyl (C=O) groups is 1. The molecular weight excluding hydrogens is 429 g/mol. The molecule has 2 N–H and O–H groups in total. The van der Waals surface area contributed by atoms with E-state index in [1.54, 1.807) is 19.2 Å². The van der Waals surface area contributed by atoms with E-state index >= 15 is 0 Å². The van der Waals surface area contributed by atoms with Gasteiger partial charge >= 0.3 is 6.03 Å². The van der Waals surface area contributed by atoms with Crippen molar-refractivity contribution >= 4 is 28.7 Å². The Labute approximate surface area is 190 Å². The van der Waals surface area contributed by atoms with Crippen LogP contribution in [0.1, 0.15) is 0 Å². The Morgan fingerprint density at radius 2 is 2.00 bits per heavy atom. The van der Waals surface area contributed by atoms with Gasteiger partial charge in [0.15, 0.2) is 4.80 Å². The molecule has 0 aliphatic carbocycles. The average Bonchev–Trinajstić information content (AvgIpc) is 3.21. The number of amides is 2. The molecule has 1 fully saturated rings. The molecule has 3 aromatic rings. The van der Waals surface area contributed by atoms with Crippen LogP contribution in [-0.4, -0.2) is 50.5 Å². The molecule has 2 heterocycles. The number of carbonyl (C=O) groups excluding carboxylic acids is 1. The lowest BCUT2D eigenvalue weighted by atomic mass is 10.1. The van der Waals surface area contributed by atoms with Gasteiger partial charge in [-0.15, -0.1) is 11.3 Å². The van der Waals surface area contributed by atoms with Crippen LogP contribution in [0.3, 0.4) is 0 Å². The monoisotopic (exact) mass is 455 g/mol. The Hall–Kier alpha value is -3.17. The number of morpholine rings is 1. The van der Waals surface area contributed by atoms with Crippen molar-refractivity contribution in [2.75, 3.05) is 44.8 Å². The van der Waals surface area contributed by atoms with E-state index in [1.165, 1.54) is 23.5 Å². The summed E-state index contributed by atoms with van der Waals surface area (Å²) in [6, 6.07) is 14.3. The summed E-state index contributed by atoms with van der Waals surface area (Å²) in [4.78, 5) is 19.4. The Morgan fingerprint density at radius 1 is 1.19 bits per heavy atom. The number of halogens is 1. The maximum absolute atomic E-state index is 13.7. The van der Waals surface area contributed by atoms with Gasteiger partial charge in [0.2, 0.25) is 0 Å². The first-order valence-electron chi connectivity index (χ1n) is 10.5. The first kappa shape index (κ1) is 22.0. The maximum Gasteiger partial charge on any atom is 0.314 e. The quantitative estimate of drug-likeness (QED) is 0.599. The van der Waals surface area contributed by atoms with Crippen LogP contribution >= 0.6 is 11.3 Å². The molecule has 0 atom stereocenters. The topological polar surface area (TPSA) is 70.9 Å². The summed E-state index contributed by atoms with van der Waals surface area (Å²) in [7, 11) is 1.59. The molecule has 32 heavy (non-hydrogen) atoms. The smallest absolute Gasteiger partial charge is 0.314 e. The lowest BCUT2D eigenvalue weighted by Crippen LogP contribution is -2.37. The van der Waals surface area contributed by atoms with Gasteiger partial charge in [-0.2, -0.15) is 0 Å². The number of benzene rings is 2. The second-order valence-electron chi connectivity index (χ2n) is 7.27. The molecular formula is C23H26FN5O2S. The zero-order valence-electron chi connectivity index (χ0n) is 17.9. The molecule has 0 saturated carbocycles. The van der Waals surface area contributed by atoms with Crippen LogP contribution < -0.4 is 20.3 Å². The first-order valence-corrected chi connectivity index (χ1v) is 11.4. The van der Waals surface area contributed by atoms with Gasteiger partial charge in [-0.25, -0.2) is 14.2 Å². The Kier molecular flexibility index (Phi) is 7.18. The van der Waals surface area contributed by atoms with E-state index in [0.29, 0.717) is 32.0 Å². The van der Waals surface area contributed by atoms with Crippen LogP contribution in [0.15, 0.2) is 58.9 Å². The van der Waals surface area contributed by atoms with Crippen LogP contribution in [0, 0.1) is 5.82 Å². The zero-order valence-corrected chi connectivity index (χ0v) is 18.7. The number of rotatable bonds is 6. The second kappa shape index (κ2) is 10.4. The van der Waals surface area contributed by atoms with Crippen LogP contribution in [0.25, 0.3) is 11.3 Å². The van der Waals surface area contributed by atoms with Crippen molar-refractivity contribution in [2.45, 2.75) is 6.54 Å². The molecule has 2 amide bonds. The third-order valence-electron chi connectivity index (χ3n) is 5.21. The average molecular weight is 456 g/mol. The number of urea groups is 1. The third kappa shape index (κ3) is 5.17. The highest BCUT2D eigenvalue weighted by Gasteiger charge is 2.18. The Bertz CT molecular complexity index is 1140. The van der Waals surface area contributed by atoms with Crippen LogP contribution in [0.4, 0.5) is 20.6 Å². The fourth-order valence-corrected chi connectivity index (χ4v) is 4.59. The molecule has 0 bridgehead atoms. The molecule has 4 rings (SSSR count). The normalized spacial score (nSPS) is 14.4. The van der Waals surface area contributed by atoms with Crippen molar-refractivity contribution in [2.24, 2.45) is 4.99 Å². The molecule has 0 spiro atoms. The minimum atomic E-state index is -0.325. The van der Waals surface area contributed by atoms with E-state index in [0.717, 1.165) is 34.8 Å². The third-order valence-corrected chi connectivity index (χ3v) is 6.07. The predicted molar refractivity (Wildman–Crippen MR) is 125 cm³/mol. The molecule has 1 aliphatic heterocycles. The van der Waals surface area contributed by atoms with Crippen LogP contribution in [-0.2, 0) is 11.3 Å². The minimum Gasteiger partial charge on any atom is -0.378 e. The number of nitrogens with zero attached hydrogens (tertiary/aromatic N) is 3. The Morgan fingerprint density at radius 3 is 2.78 bits per heavy atom. The fourth-order valence-electron chi connectivity index (χ4n) is 3.65. The maximum atomic E-state index is 13.7. The van der Waals surface area contributed by atoms with Gasteiger partial charge < -0.3 is 24.8 Å². The van der Waals surface area contributed by atoms with Crippen molar-refractivity contribution in [3.8, 4) is 11.3 Å². The number of hydrogen-bond acceptors (Lipinski definition) is 5. The molecule has 2 aromatic carbocycles. The van der Waals surface area contributed by atoms with E-state index < -0.39 is 0 Å². The van der Waals surface area contributed by atoms with Gasteiger partial charge in [-0.1, -0.05) is 24.3 Å². The van der Waals surface area contributed by atoms with E-state index in [-0.39, 0.29) is 11.8 Å². The lowest BCUT2D eigenvalue weighted by Gasteiger charge is -2.30. The number of thiazole rings is 1. The van der Waals surface area contributed by atoms with Crippen LogP contribution in [0.5, 0.6) is 0 Å². The molecule has 0 radical (unpaired) electrons. The number of aromatic nitrogens is 1. The molecule has 1 aliphatic rings. The minimum absolute atomic E-state index is 0.236. The fraction of sp³-hybridized carbons (Fsp3) is 0.304. The predicted octanol–water partition coefficient (Wildman–Crippen LogP) is 3.35. The summed E-state index contributed by atoms with van der Waals surface area (Å²) in [5.74, 6) is -0.325. The number of para-hydroxylation sites is 1. The van der Waals surface area contributed by atoms with Gasteiger partial charge in [0.25, 0.3) is 0 Å². The van der Waals surface area contributed by atoms with Gasteiger partial charge in [0.1, 0.15) is 5.82 Å². The van der Waals surface area contributed by atoms with Crippen LogP contribution in [0.2, 0.25) is 0 Å². The first-order chi connectivity index (χ1) is 15.7. The highest BCUT2D eigenvalue weighted by molar-refractivity contribution is 7.07. The number of ether oxygens (including phenoxy) is 1. The summed E-state index contributed by atoms with van der Waals surface area (Å²) < 4.78 is 21.3. The highest BCUT2D eigenvalue weighted by atomic mass is 32.1. The summed E-state index contributed by atoms with van der Waals surface area (Å²) in [5.41, 5.74) is 3.78. The summed E-state index contributed by atoms with van der Waals surface area (Å²) in [6.07, 6.45) is 0. The van der Waals surface area contributed by atoms with Gasteiger partial charge in [-0.05, 0) is 24.3 Å². The SMILES string of the molecule is CNC(=O)NCCn1c(-c2ccccc2N2CCOCC2)csc1=Nc1cccc(F)c1.